The normalized spacial score (nSPS) is 11.6. The number of ether oxygens (including phenoxy) is 2. The molecule has 0 unspecified atom stereocenters. The number of benzene rings is 2. The van der Waals surface area contributed by atoms with Crippen molar-refractivity contribution in [3.63, 3.8) is 0 Å². The van der Waals surface area contributed by atoms with E-state index in [0.29, 0.717) is 12.2 Å². The molecular weight excluding hydrogens is 278 g/mol. The molecule has 0 aliphatic heterocycles. The Morgan fingerprint density at radius 3 is 2.45 bits per heavy atom. The lowest BCUT2D eigenvalue weighted by Crippen LogP contribution is -2.32. The largest absolute Gasteiger partial charge is 0.497 e. The summed E-state index contributed by atoms with van der Waals surface area (Å²) in [6.07, 6.45) is 0.0690. The molecule has 0 spiro atoms. The topological polar surface area (TPSA) is 47.6 Å². The zero-order valence-electron chi connectivity index (χ0n) is 13.1. The standard InChI is InChI=1S/C18H21NO3/c1-4-17(22-16-7-5-6-13(2)12-16)18(20)19-14-8-10-15(21-3)11-9-14/h5-12,17H,4H2,1-3H3,(H,19,20)/t17-/m0/s1. The molecule has 4 heteroatoms. The minimum absolute atomic E-state index is 0.158. The second-order valence-corrected chi connectivity index (χ2v) is 5.05. The van der Waals surface area contributed by atoms with E-state index >= 15 is 0 Å². The van der Waals surface area contributed by atoms with E-state index in [4.69, 9.17) is 9.47 Å². The molecule has 0 aromatic heterocycles. The third kappa shape index (κ3) is 4.25. The predicted octanol–water partition coefficient (Wildman–Crippen LogP) is 3.80. The summed E-state index contributed by atoms with van der Waals surface area (Å²) in [6, 6.07) is 14.9. The fourth-order valence-corrected chi connectivity index (χ4v) is 2.07. The number of carbonyl (C=O) groups excluding carboxylic acids is 1. The Hall–Kier alpha value is -2.49. The van der Waals surface area contributed by atoms with Crippen LogP contribution in [0.25, 0.3) is 0 Å². The van der Waals surface area contributed by atoms with Gasteiger partial charge in [-0.05, 0) is 55.3 Å². The average Bonchev–Trinajstić information content (AvgIpc) is 2.53. The number of methoxy groups -OCH3 is 1. The molecule has 0 saturated carbocycles. The molecule has 0 radical (unpaired) electrons. The zero-order chi connectivity index (χ0) is 15.9. The van der Waals surface area contributed by atoms with Gasteiger partial charge >= 0.3 is 0 Å². The second-order valence-electron chi connectivity index (χ2n) is 5.05. The predicted molar refractivity (Wildman–Crippen MR) is 87.5 cm³/mol. The summed E-state index contributed by atoms with van der Waals surface area (Å²) in [7, 11) is 1.61. The third-order valence-corrected chi connectivity index (χ3v) is 3.29. The Morgan fingerprint density at radius 1 is 1.14 bits per heavy atom. The number of rotatable bonds is 6. The molecule has 1 atom stereocenters. The van der Waals surface area contributed by atoms with E-state index in [2.05, 4.69) is 5.32 Å². The Morgan fingerprint density at radius 2 is 1.86 bits per heavy atom. The van der Waals surface area contributed by atoms with Crippen LogP contribution < -0.4 is 14.8 Å². The molecular formula is C18H21NO3. The van der Waals surface area contributed by atoms with Gasteiger partial charge in [0.05, 0.1) is 7.11 Å². The molecule has 4 nitrogen and oxygen atoms in total. The van der Waals surface area contributed by atoms with E-state index in [-0.39, 0.29) is 5.91 Å². The molecule has 0 aliphatic carbocycles. The van der Waals surface area contributed by atoms with Gasteiger partial charge in [-0.1, -0.05) is 19.1 Å². The van der Waals surface area contributed by atoms with Crippen molar-refractivity contribution in [1.82, 2.24) is 0 Å². The highest BCUT2D eigenvalue weighted by molar-refractivity contribution is 5.94. The van der Waals surface area contributed by atoms with E-state index in [1.807, 2.05) is 38.1 Å². The second kappa shape index (κ2) is 7.50. The van der Waals surface area contributed by atoms with Gasteiger partial charge in [0.15, 0.2) is 6.10 Å². The van der Waals surface area contributed by atoms with Gasteiger partial charge < -0.3 is 14.8 Å². The van der Waals surface area contributed by atoms with Crippen LogP contribution in [0.2, 0.25) is 0 Å². The maximum atomic E-state index is 12.3. The summed E-state index contributed by atoms with van der Waals surface area (Å²) >= 11 is 0. The van der Waals surface area contributed by atoms with Crippen molar-refractivity contribution in [2.45, 2.75) is 26.4 Å². The lowest BCUT2D eigenvalue weighted by Gasteiger charge is -2.17. The van der Waals surface area contributed by atoms with Crippen LogP contribution in [0.4, 0.5) is 5.69 Å². The van der Waals surface area contributed by atoms with E-state index in [1.54, 1.807) is 31.4 Å². The lowest BCUT2D eigenvalue weighted by atomic mass is 10.2. The lowest BCUT2D eigenvalue weighted by molar-refractivity contribution is -0.122. The SMILES string of the molecule is CC[C@H](Oc1cccc(C)c1)C(=O)Nc1ccc(OC)cc1. The van der Waals surface area contributed by atoms with E-state index < -0.39 is 6.10 Å². The third-order valence-electron chi connectivity index (χ3n) is 3.29. The molecule has 0 bridgehead atoms. The van der Waals surface area contributed by atoms with Crippen LogP contribution in [0.15, 0.2) is 48.5 Å². The van der Waals surface area contributed by atoms with Gasteiger partial charge in [-0.15, -0.1) is 0 Å². The number of hydrogen-bond acceptors (Lipinski definition) is 3. The van der Waals surface area contributed by atoms with Crippen molar-refractivity contribution in [1.29, 1.82) is 0 Å². The van der Waals surface area contributed by atoms with Gasteiger partial charge in [0.1, 0.15) is 11.5 Å². The van der Waals surface area contributed by atoms with Crippen LogP contribution in [0.1, 0.15) is 18.9 Å². The first-order chi connectivity index (χ1) is 10.6. The van der Waals surface area contributed by atoms with Crippen molar-refractivity contribution < 1.29 is 14.3 Å². The van der Waals surface area contributed by atoms with Crippen LogP contribution in [-0.2, 0) is 4.79 Å². The first kappa shape index (κ1) is 15.9. The van der Waals surface area contributed by atoms with E-state index in [0.717, 1.165) is 17.0 Å². The highest BCUT2D eigenvalue weighted by Gasteiger charge is 2.18. The Balaban J connectivity index is 2.01. The number of nitrogens with one attached hydrogen (secondary N) is 1. The maximum Gasteiger partial charge on any atom is 0.265 e. The van der Waals surface area contributed by atoms with Crippen molar-refractivity contribution in [2.75, 3.05) is 12.4 Å². The van der Waals surface area contributed by atoms with Crippen molar-refractivity contribution >= 4 is 11.6 Å². The minimum Gasteiger partial charge on any atom is -0.497 e. The smallest absolute Gasteiger partial charge is 0.265 e. The summed E-state index contributed by atoms with van der Waals surface area (Å²) in [5, 5.41) is 2.86. The van der Waals surface area contributed by atoms with Gasteiger partial charge in [0.2, 0.25) is 0 Å². The van der Waals surface area contributed by atoms with Gasteiger partial charge in [0, 0.05) is 5.69 Å². The van der Waals surface area contributed by atoms with Crippen molar-refractivity contribution in [3.05, 3.63) is 54.1 Å². The summed E-state index contributed by atoms with van der Waals surface area (Å²) in [4.78, 5) is 12.3. The highest BCUT2D eigenvalue weighted by Crippen LogP contribution is 2.18. The van der Waals surface area contributed by atoms with Crippen LogP contribution in [-0.4, -0.2) is 19.1 Å². The number of aryl methyl sites for hydroxylation is 1. The number of carbonyl (C=O) groups is 1. The minimum atomic E-state index is -0.524. The molecule has 0 saturated heterocycles. The molecule has 0 aliphatic rings. The number of anilines is 1. The van der Waals surface area contributed by atoms with Gasteiger partial charge in [0.25, 0.3) is 5.91 Å². The highest BCUT2D eigenvalue weighted by atomic mass is 16.5. The molecule has 116 valence electrons. The quantitative estimate of drug-likeness (QED) is 0.882. The molecule has 1 amide bonds. The Labute approximate surface area is 131 Å². The van der Waals surface area contributed by atoms with Crippen molar-refractivity contribution in [3.8, 4) is 11.5 Å². The fourth-order valence-electron chi connectivity index (χ4n) is 2.07. The van der Waals surface area contributed by atoms with Gasteiger partial charge in [-0.25, -0.2) is 0 Å². The molecule has 2 aromatic carbocycles. The van der Waals surface area contributed by atoms with E-state index in [9.17, 15) is 4.79 Å². The first-order valence-corrected chi connectivity index (χ1v) is 7.30. The van der Waals surface area contributed by atoms with Crippen LogP contribution in [0, 0.1) is 6.92 Å². The van der Waals surface area contributed by atoms with Gasteiger partial charge in [-0.3, -0.25) is 4.79 Å². The number of amides is 1. The molecule has 0 fully saturated rings. The first-order valence-electron chi connectivity index (χ1n) is 7.30. The van der Waals surface area contributed by atoms with E-state index in [1.165, 1.54) is 0 Å². The Kier molecular flexibility index (Phi) is 5.42. The molecule has 2 aromatic rings. The van der Waals surface area contributed by atoms with Crippen LogP contribution >= 0.6 is 0 Å². The van der Waals surface area contributed by atoms with Crippen LogP contribution in [0.3, 0.4) is 0 Å². The van der Waals surface area contributed by atoms with Crippen molar-refractivity contribution in [2.24, 2.45) is 0 Å². The zero-order valence-corrected chi connectivity index (χ0v) is 13.1. The van der Waals surface area contributed by atoms with Crippen LogP contribution in [0.5, 0.6) is 11.5 Å². The summed E-state index contributed by atoms with van der Waals surface area (Å²) in [6.45, 7) is 3.92. The molecule has 0 heterocycles. The number of hydrogen-bond donors (Lipinski definition) is 1. The summed E-state index contributed by atoms with van der Waals surface area (Å²) in [5.74, 6) is 1.30. The Bertz CT molecular complexity index is 622. The summed E-state index contributed by atoms with van der Waals surface area (Å²) in [5.41, 5.74) is 1.82. The summed E-state index contributed by atoms with van der Waals surface area (Å²) < 4.78 is 10.9. The maximum absolute atomic E-state index is 12.3. The molecule has 1 N–H and O–H groups in total. The molecule has 22 heavy (non-hydrogen) atoms. The molecule has 2 rings (SSSR count). The monoisotopic (exact) mass is 299 g/mol. The average molecular weight is 299 g/mol. The fraction of sp³-hybridized carbons (Fsp3) is 0.278. The van der Waals surface area contributed by atoms with Gasteiger partial charge in [-0.2, -0.15) is 0 Å².